The summed E-state index contributed by atoms with van der Waals surface area (Å²) >= 11 is 6.53. The van der Waals surface area contributed by atoms with Crippen molar-refractivity contribution in [2.24, 2.45) is 0 Å². The van der Waals surface area contributed by atoms with Crippen LogP contribution < -0.4 is 9.47 Å². The number of halogens is 1. The van der Waals surface area contributed by atoms with E-state index in [1.165, 1.54) is 6.42 Å². The zero-order valence-electron chi connectivity index (χ0n) is 17.4. The number of benzene rings is 2. The minimum atomic E-state index is 0.455. The topological polar surface area (TPSA) is 48.7 Å². The molecule has 31 heavy (non-hydrogen) atoms. The van der Waals surface area contributed by atoms with Crippen LogP contribution in [0.25, 0.3) is 16.8 Å². The largest absolute Gasteiger partial charge is 0.490 e. The maximum atomic E-state index is 6.53. The fourth-order valence-corrected chi connectivity index (χ4v) is 4.20. The van der Waals surface area contributed by atoms with Gasteiger partial charge in [0.25, 0.3) is 0 Å². The highest BCUT2D eigenvalue weighted by molar-refractivity contribution is 6.33. The van der Waals surface area contributed by atoms with Crippen LogP contribution in [-0.4, -0.2) is 21.0 Å². The molecule has 0 saturated heterocycles. The van der Waals surface area contributed by atoms with Crippen LogP contribution in [0.2, 0.25) is 5.15 Å². The normalized spacial score (nSPS) is 13.9. The number of fused-ring (bicyclic) bond motifs is 1. The van der Waals surface area contributed by atoms with Gasteiger partial charge in [-0.2, -0.15) is 0 Å². The van der Waals surface area contributed by atoms with Crippen molar-refractivity contribution in [1.82, 2.24) is 14.4 Å². The van der Waals surface area contributed by atoms with Crippen LogP contribution in [0.5, 0.6) is 11.5 Å². The molecule has 1 fully saturated rings. The average molecular weight is 434 g/mol. The molecule has 1 saturated carbocycles. The second kappa shape index (κ2) is 8.60. The molecule has 1 aliphatic rings. The molecule has 5 rings (SSSR count). The van der Waals surface area contributed by atoms with E-state index in [1.807, 2.05) is 61.7 Å². The van der Waals surface area contributed by atoms with Crippen molar-refractivity contribution in [3.63, 3.8) is 0 Å². The summed E-state index contributed by atoms with van der Waals surface area (Å²) in [6.45, 7) is 2.99. The van der Waals surface area contributed by atoms with E-state index in [0.717, 1.165) is 41.0 Å². The van der Waals surface area contributed by atoms with Crippen molar-refractivity contribution < 1.29 is 9.47 Å². The summed E-state index contributed by atoms with van der Waals surface area (Å²) in [6, 6.07) is 16.0. The first-order valence-electron chi connectivity index (χ1n) is 10.7. The maximum Gasteiger partial charge on any atom is 0.162 e. The quantitative estimate of drug-likeness (QED) is 0.343. The van der Waals surface area contributed by atoms with Crippen molar-refractivity contribution in [3.8, 4) is 22.8 Å². The van der Waals surface area contributed by atoms with Gasteiger partial charge in [-0.3, -0.25) is 4.40 Å². The van der Waals surface area contributed by atoms with Crippen LogP contribution in [0.15, 0.2) is 60.9 Å². The lowest BCUT2D eigenvalue weighted by Gasteiger charge is -2.23. The average Bonchev–Trinajstić information content (AvgIpc) is 3.13. The molecule has 2 heterocycles. The first-order valence-corrected chi connectivity index (χ1v) is 11.1. The highest BCUT2D eigenvalue weighted by Gasteiger charge is 2.27. The van der Waals surface area contributed by atoms with Gasteiger partial charge < -0.3 is 9.47 Å². The Balaban J connectivity index is 1.56. The molecule has 0 spiro atoms. The summed E-state index contributed by atoms with van der Waals surface area (Å²) < 4.78 is 14.1. The third-order valence-corrected chi connectivity index (χ3v) is 6.04. The Morgan fingerprint density at radius 3 is 2.65 bits per heavy atom. The summed E-state index contributed by atoms with van der Waals surface area (Å²) in [7, 11) is 0. The summed E-state index contributed by atoms with van der Waals surface area (Å²) in [6.07, 6.45) is 7.25. The Bertz CT molecular complexity index is 1200. The summed E-state index contributed by atoms with van der Waals surface area (Å²) in [4.78, 5) is 9.32. The first-order chi connectivity index (χ1) is 15.2. The van der Waals surface area contributed by atoms with Crippen LogP contribution in [-0.2, 0) is 6.61 Å². The number of ether oxygens (including phenoxy) is 2. The number of imidazole rings is 1. The molecule has 2 aromatic carbocycles. The Morgan fingerprint density at radius 1 is 1.06 bits per heavy atom. The van der Waals surface area contributed by atoms with E-state index in [-0.39, 0.29) is 0 Å². The van der Waals surface area contributed by atoms with Gasteiger partial charge in [0, 0.05) is 23.9 Å². The molecule has 2 aromatic heterocycles. The molecule has 0 radical (unpaired) electrons. The molecule has 0 atom stereocenters. The van der Waals surface area contributed by atoms with Crippen molar-refractivity contribution >= 4 is 17.1 Å². The summed E-state index contributed by atoms with van der Waals surface area (Å²) in [5.74, 6) is 2.93. The van der Waals surface area contributed by atoms with E-state index in [2.05, 4.69) is 9.38 Å². The highest BCUT2D eigenvalue weighted by Crippen LogP contribution is 2.41. The van der Waals surface area contributed by atoms with Crippen LogP contribution in [0, 0.1) is 0 Å². The molecule has 1 aliphatic carbocycles. The molecule has 4 aromatic rings. The zero-order chi connectivity index (χ0) is 21.2. The van der Waals surface area contributed by atoms with Crippen molar-refractivity contribution in [2.45, 2.75) is 38.7 Å². The molecule has 0 aliphatic heterocycles. The van der Waals surface area contributed by atoms with Gasteiger partial charge in [-0.1, -0.05) is 48.4 Å². The van der Waals surface area contributed by atoms with Gasteiger partial charge >= 0.3 is 0 Å². The monoisotopic (exact) mass is 433 g/mol. The minimum absolute atomic E-state index is 0.455. The highest BCUT2D eigenvalue weighted by atomic mass is 35.5. The summed E-state index contributed by atoms with van der Waals surface area (Å²) in [5, 5.41) is 0.455. The zero-order valence-corrected chi connectivity index (χ0v) is 18.2. The predicted octanol–water partition coefficient (Wildman–Crippen LogP) is 6.29. The molecular weight excluding hydrogens is 410 g/mol. The first kappa shape index (κ1) is 19.9. The van der Waals surface area contributed by atoms with Gasteiger partial charge in [0.05, 0.1) is 12.3 Å². The fourth-order valence-electron chi connectivity index (χ4n) is 3.96. The van der Waals surface area contributed by atoms with E-state index in [4.69, 9.17) is 26.1 Å². The van der Waals surface area contributed by atoms with Crippen LogP contribution in [0.3, 0.4) is 0 Å². The van der Waals surface area contributed by atoms with Gasteiger partial charge in [-0.05, 0) is 43.5 Å². The fraction of sp³-hybridized carbons (Fsp3) is 0.280. The molecule has 0 bridgehead atoms. The molecule has 158 valence electrons. The third-order valence-electron chi connectivity index (χ3n) is 5.76. The molecular formula is C25H24ClN3O2. The van der Waals surface area contributed by atoms with Gasteiger partial charge in [0.15, 0.2) is 16.7 Å². The maximum absolute atomic E-state index is 6.53. The van der Waals surface area contributed by atoms with Gasteiger partial charge in [0.2, 0.25) is 0 Å². The molecule has 6 heteroatoms. The van der Waals surface area contributed by atoms with Gasteiger partial charge in [0.1, 0.15) is 17.9 Å². The van der Waals surface area contributed by atoms with Crippen molar-refractivity contribution in [3.05, 3.63) is 77.5 Å². The Kier molecular flexibility index (Phi) is 5.51. The van der Waals surface area contributed by atoms with Crippen molar-refractivity contribution in [1.29, 1.82) is 0 Å². The third kappa shape index (κ3) is 3.86. The number of nitrogens with zero attached hydrogens (tertiary/aromatic N) is 3. The smallest absolute Gasteiger partial charge is 0.162 e. The lowest BCUT2D eigenvalue weighted by Crippen LogP contribution is -2.12. The molecule has 0 N–H and O–H groups in total. The number of rotatable bonds is 7. The lowest BCUT2D eigenvalue weighted by atomic mass is 9.85. The van der Waals surface area contributed by atoms with E-state index in [9.17, 15) is 0 Å². The van der Waals surface area contributed by atoms with Crippen LogP contribution in [0.1, 0.15) is 43.5 Å². The molecule has 0 unspecified atom stereocenters. The summed E-state index contributed by atoms with van der Waals surface area (Å²) in [5.41, 5.74) is 3.70. The lowest BCUT2D eigenvalue weighted by molar-refractivity contribution is 0.269. The van der Waals surface area contributed by atoms with E-state index in [1.54, 1.807) is 6.20 Å². The number of hydrogen-bond donors (Lipinski definition) is 0. The van der Waals surface area contributed by atoms with Gasteiger partial charge in [-0.15, -0.1) is 0 Å². The van der Waals surface area contributed by atoms with Gasteiger partial charge in [-0.25, -0.2) is 9.97 Å². The Labute approximate surface area is 186 Å². The standard InChI is InChI=1S/C25H24ClN3O2/c1-2-30-20-12-11-19(15-21(20)31-16-17-7-4-3-5-8-17)22-23-24(26)27-13-14-29(23)25(28-22)18-9-6-10-18/h3-5,7-8,11-15,18H,2,6,9-10,16H2,1H3. The van der Waals surface area contributed by atoms with E-state index in [0.29, 0.717) is 35.8 Å². The number of aromatic nitrogens is 3. The second-order valence-electron chi connectivity index (χ2n) is 7.75. The van der Waals surface area contributed by atoms with E-state index < -0.39 is 0 Å². The molecule has 5 nitrogen and oxygen atoms in total. The minimum Gasteiger partial charge on any atom is -0.490 e. The Hall–Kier alpha value is -3.05. The Morgan fingerprint density at radius 2 is 1.90 bits per heavy atom. The van der Waals surface area contributed by atoms with Crippen LogP contribution in [0.4, 0.5) is 0 Å². The predicted molar refractivity (Wildman–Crippen MR) is 122 cm³/mol. The molecule has 0 amide bonds. The SMILES string of the molecule is CCOc1ccc(-c2nc(C3CCC3)n3ccnc(Cl)c23)cc1OCc1ccccc1. The van der Waals surface area contributed by atoms with E-state index >= 15 is 0 Å². The van der Waals surface area contributed by atoms with Crippen LogP contribution >= 0.6 is 11.6 Å². The van der Waals surface area contributed by atoms with Crippen molar-refractivity contribution in [2.75, 3.05) is 6.61 Å². The second-order valence-corrected chi connectivity index (χ2v) is 8.11. The number of hydrogen-bond acceptors (Lipinski definition) is 4.